The van der Waals surface area contributed by atoms with Crippen LogP contribution in [0.2, 0.25) is 0 Å². The van der Waals surface area contributed by atoms with Crippen molar-refractivity contribution in [3.05, 3.63) is 23.9 Å². The lowest BCUT2D eigenvalue weighted by molar-refractivity contribution is -0.162. The van der Waals surface area contributed by atoms with Gasteiger partial charge in [-0.15, -0.1) is 4.40 Å². The molecular weight excluding hydrogens is 374 g/mol. The Bertz CT molecular complexity index is 822. The van der Waals surface area contributed by atoms with Crippen molar-refractivity contribution in [1.82, 2.24) is 9.80 Å². The van der Waals surface area contributed by atoms with Crippen molar-refractivity contribution in [2.45, 2.75) is 39.1 Å². The molecule has 0 aromatic heterocycles. The first kappa shape index (κ1) is 19.6. The topological polar surface area (TPSA) is 106 Å². The Morgan fingerprint density at radius 2 is 1.93 bits per heavy atom. The van der Waals surface area contributed by atoms with Crippen LogP contribution in [0.15, 0.2) is 28.3 Å². The Hall–Kier alpha value is -2.20. The van der Waals surface area contributed by atoms with Crippen LogP contribution in [0.5, 0.6) is 0 Å². The van der Waals surface area contributed by atoms with Gasteiger partial charge in [-0.1, -0.05) is 0 Å². The van der Waals surface area contributed by atoms with E-state index < -0.39 is 22.1 Å². The van der Waals surface area contributed by atoms with Crippen LogP contribution in [0.4, 0.5) is 0 Å². The number of sulfonamides is 1. The third-order valence-corrected chi connectivity index (χ3v) is 5.59. The molecule has 0 aromatic rings. The van der Waals surface area contributed by atoms with Gasteiger partial charge in [0.05, 0.1) is 23.5 Å². The maximum atomic E-state index is 12.6. The molecule has 3 aliphatic heterocycles. The minimum absolute atomic E-state index is 0.0716. The SMILES string of the molecule is CC1CN(C(=O)C(C)OC(=O)C2=CN3CCS(=O)(=O)N=C3C=C2)CC(C)O1. The van der Waals surface area contributed by atoms with Crippen LogP contribution in [-0.4, -0.2) is 79.6 Å². The molecule has 0 aromatic carbocycles. The van der Waals surface area contributed by atoms with Crippen LogP contribution >= 0.6 is 0 Å². The first-order valence-corrected chi connectivity index (χ1v) is 10.4. The van der Waals surface area contributed by atoms with Crippen LogP contribution in [0.3, 0.4) is 0 Å². The van der Waals surface area contributed by atoms with Crippen LogP contribution in [0, 0.1) is 0 Å². The third kappa shape index (κ3) is 4.56. The molecule has 3 heterocycles. The Morgan fingerprint density at radius 3 is 2.59 bits per heavy atom. The van der Waals surface area contributed by atoms with Crippen molar-refractivity contribution in [1.29, 1.82) is 0 Å². The van der Waals surface area contributed by atoms with E-state index in [9.17, 15) is 18.0 Å². The lowest BCUT2D eigenvalue weighted by Crippen LogP contribution is -2.51. The van der Waals surface area contributed by atoms with Gasteiger partial charge in [0.1, 0.15) is 5.84 Å². The Morgan fingerprint density at radius 1 is 1.26 bits per heavy atom. The fourth-order valence-electron chi connectivity index (χ4n) is 3.22. The molecule has 3 atom stereocenters. The fourth-order valence-corrected chi connectivity index (χ4v) is 4.19. The van der Waals surface area contributed by atoms with E-state index in [2.05, 4.69) is 4.40 Å². The maximum Gasteiger partial charge on any atom is 0.340 e. The van der Waals surface area contributed by atoms with Crippen molar-refractivity contribution < 1.29 is 27.5 Å². The van der Waals surface area contributed by atoms with Crippen molar-refractivity contribution in [3.63, 3.8) is 0 Å². The van der Waals surface area contributed by atoms with Crippen molar-refractivity contribution >= 4 is 27.7 Å². The van der Waals surface area contributed by atoms with Gasteiger partial charge in [0.15, 0.2) is 6.10 Å². The molecule has 1 amide bonds. The van der Waals surface area contributed by atoms with Gasteiger partial charge in [-0.3, -0.25) is 4.79 Å². The Labute approximate surface area is 158 Å². The number of fused-ring (bicyclic) bond motifs is 1. The molecule has 148 valence electrons. The van der Waals surface area contributed by atoms with Crippen LogP contribution in [0.1, 0.15) is 20.8 Å². The zero-order valence-corrected chi connectivity index (χ0v) is 16.3. The van der Waals surface area contributed by atoms with Crippen LogP contribution in [-0.2, 0) is 29.1 Å². The summed E-state index contributed by atoms with van der Waals surface area (Å²) in [5, 5.41) is 0. The van der Waals surface area contributed by atoms with Gasteiger partial charge in [0.2, 0.25) is 0 Å². The smallest absolute Gasteiger partial charge is 0.340 e. The molecule has 1 fully saturated rings. The largest absolute Gasteiger partial charge is 0.449 e. The second kappa shape index (κ2) is 7.43. The summed E-state index contributed by atoms with van der Waals surface area (Å²) in [7, 11) is -3.45. The molecule has 1 saturated heterocycles. The second-order valence-corrected chi connectivity index (χ2v) is 8.65. The predicted molar refractivity (Wildman–Crippen MR) is 97.3 cm³/mol. The minimum atomic E-state index is -3.45. The first-order valence-electron chi connectivity index (χ1n) is 8.79. The van der Waals surface area contributed by atoms with Crippen molar-refractivity contribution in [2.75, 3.05) is 25.4 Å². The quantitative estimate of drug-likeness (QED) is 0.620. The average molecular weight is 397 g/mol. The standard InChI is InChI=1S/C17H23N3O6S/c1-11-8-20(9-12(2)25-11)16(21)13(3)26-17(22)14-4-5-15-18-27(23,24)7-6-19(15)10-14/h4-5,10-13H,6-9H2,1-3H3. The summed E-state index contributed by atoms with van der Waals surface area (Å²) in [6, 6.07) is 0. The van der Waals surface area contributed by atoms with Gasteiger partial charge < -0.3 is 19.3 Å². The summed E-state index contributed by atoms with van der Waals surface area (Å²) in [4.78, 5) is 28.2. The Balaban J connectivity index is 1.63. The monoisotopic (exact) mass is 397 g/mol. The summed E-state index contributed by atoms with van der Waals surface area (Å²) >= 11 is 0. The zero-order valence-electron chi connectivity index (χ0n) is 15.5. The highest BCUT2D eigenvalue weighted by atomic mass is 32.2. The van der Waals surface area contributed by atoms with Gasteiger partial charge in [-0.25, -0.2) is 13.2 Å². The number of nitrogens with zero attached hydrogens (tertiary/aromatic N) is 3. The van der Waals surface area contributed by atoms with E-state index in [1.807, 2.05) is 13.8 Å². The Kier molecular flexibility index (Phi) is 5.38. The molecule has 0 N–H and O–H groups in total. The number of amides is 1. The number of hydrogen-bond donors (Lipinski definition) is 0. The average Bonchev–Trinajstić information content (AvgIpc) is 2.58. The normalized spacial score (nSPS) is 28.0. The van der Waals surface area contributed by atoms with Gasteiger partial charge in [0.25, 0.3) is 15.9 Å². The molecule has 0 bridgehead atoms. The lowest BCUT2D eigenvalue weighted by atomic mass is 10.2. The van der Waals surface area contributed by atoms with E-state index in [4.69, 9.17) is 9.47 Å². The van der Waals surface area contributed by atoms with Gasteiger partial charge >= 0.3 is 5.97 Å². The number of esters is 1. The molecular formula is C17H23N3O6S. The van der Waals surface area contributed by atoms with E-state index in [1.165, 1.54) is 18.4 Å². The fraction of sp³-hybridized carbons (Fsp3) is 0.588. The second-order valence-electron chi connectivity index (χ2n) is 6.89. The molecule has 0 spiro atoms. The molecule has 0 aliphatic carbocycles. The highest BCUT2D eigenvalue weighted by Gasteiger charge is 2.31. The number of hydrogen-bond acceptors (Lipinski definition) is 7. The van der Waals surface area contributed by atoms with E-state index in [1.54, 1.807) is 16.7 Å². The number of morpholine rings is 1. The van der Waals surface area contributed by atoms with E-state index in [-0.39, 0.29) is 41.8 Å². The van der Waals surface area contributed by atoms with Crippen LogP contribution in [0.25, 0.3) is 0 Å². The van der Waals surface area contributed by atoms with E-state index >= 15 is 0 Å². The number of carbonyl (C=O) groups is 2. The molecule has 9 nitrogen and oxygen atoms in total. The van der Waals surface area contributed by atoms with Crippen LogP contribution < -0.4 is 0 Å². The summed E-state index contributed by atoms with van der Waals surface area (Å²) in [5.41, 5.74) is 0.233. The van der Waals surface area contributed by atoms with Gasteiger partial charge in [0, 0.05) is 25.8 Å². The molecule has 10 heteroatoms. The van der Waals surface area contributed by atoms with Crippen molar-refractivity contribution in [2.24, 2.45) is 4.40 Å². The molecule has 0 saturated carbocycles. The van der Waals surface area contributed by atoms with Gasteiger partial charge in [-0.2, -0.15) is 0 Å². The maximum absolute atomic E-state index is 12.6. The number of carbonyl (C=O) groups excluding carboxylic acids is 2. The summed E-state index contributed by atoms with van der Waals surface area (Å²) in [6.07, 6.45) is 3.31. The lowest BCUT2D eigenvalue weighted by Gasteiger charge is -2.36. The number of ether oxygens (including phenoxy) is 2. The third-order valence-electron chi connectivity index (χ3n) is 4.42. The highest BCUT2D eigenvalue weighted by Crippen LogP contribution is 2.18. The summed E-state index contributed by atoms with van der Waals surface area (Å²) < 4.78 is 37.6. The van der Waals surface area contributed by atoms with E-state index in [0.29, 0.717) is 13.1 Å². The highest BCUT2D eigenvalue weighted by molar-refractivity contribution is 7.90. The zero-order chi connectivity index (χ0) is 19.8. The summed E-state index contributed by atoms with van der Waals surface area (Å²) in [5.74, 6) is -0.768. The molecule has 3 unspecified atom stereocenters. The number of rotatable bonds is 3. The minimum Gasteiger partial charge on any atom is -0.449 e. The summed E-state index contributed by atoms with van der Waals surface area (Å²) in [6.45, 7) is 6.44. The van der Waals surface area contributed by atoms with Crippen molar-refractivity contribution in [3.8, 4) is 0 Å². The van der Waals surface area contributed by atoms with Gasteiger partial charge in [-0.05, 0) is 32.9 Å². The predicted octanol–water partition coefficient (Wildman–Crippen LogP) is 0.0515. The molecule has 3 aliphatic rings. The molecule has 27 heavy (non-hydrogen) atoms. The number of amidine groups is 1. The first-order chi connectivity index (χ1) is 12.6. The van der Waals surface area contributed by atoms with E-state index in [0.717, 1.165) is 0 Å². The molecule has 0 radical (unpaired) electrons. The molecule has 3 rings (SSSR count).